The van der Waals surface area contributed by atoms with Gasteiger partial charge in [-0.1, -0.05) is 35.9 Å². The van der Waals surface area contributed by atoms with Crippen molar-refractivity contribution in [2.45, 2.75) is 5.88 Å². The van der Waals surface area contributed by atoms with Crippen molar-refractivity contribution in [1.29, 1.82) is 0 Å². The molecule has 2 aromatic rings. The molecular weight excluding hydrogens is 229 g/mol. The number of aromatic nitrogens is 1. The Morgan fingerprint density at radius 3 is 2.60 bits per heavy atom. The molecule has 0 N–H and O–H groups in total. The molecule has 0 radical (unpaired) electrons. The van der Waals surface area contributed by atoms with E-state index in [2.05, 4.69) is 4.98 Å². The SMILES string of the molecule is ClCc1cccnc1-c1ccccc1Cl. The Labute approximate surface area is 98.7 Å². The third-order valence-electron chi connectivity index (χ3n) is 2.16. The highest BCUT2D eigenvalue weighted by molar-refractivity contribution is 6.33. The second kappa shape index (κ2) is 4.65. The second-order valence-corrected chi connectivity index (χ2v) is 3.80. The summed E-state index contributed by atoms with van der Waals surface area (Å²) >= 11 is 12.0. The maximum atomic E-state index is 6.10. The molecule has 0 saturated heterocycles. The molecule has 0 unspecified atom stereocenters. The van der Waals surface area contributed by atoms with E-state index >= 15 is 0 Å². The van der Waals surface area contributed by atoms with E-state index in [1.807, 2.05) is 36.4 Å². The van der Waals surface area contributed by atoms with Crippen LogP contribution in [0, 0.1) is 0 Å². The van der Waals surface area contributed by atoms with Gasteiger partial charge in [0.2, 0.25) is 0 Å². The van der Waals surface area contributed by atoms with Gasteiger partial charge in [0.15, 0.2) is 0 Å². The highest BCUT2D eigenvalue weighted by Gasteiger charge is 2.07. The molecule has 15 heavy (non-hydrogen) atoms. The fraction of sp³-hybridized carbons (Fsp3) is 0.0833. The molecule has 0 fully saturated rings. The fourth-order valence-corrected chi connectivity index (χ4v) is 1.88. The highest BCUT2D eigenvalue weighted by Crippen LogP contribution is 2.28. The second-order valence-electron chi connectivity index (χ2n) is 3.12. The number of hydrogen-bond donors (Lipinski definition) is 0. The minimum Gasteiger partial charge on any atom is -0.256 e. The summed E-state index contributed by atoms with van der Waals surface area (Å²) in [5, 5.41) is 0.697. The molecule has 0 aliphatic carbocycles. The Balaban J connectivity index is 2.59. The lowest BCUT2D eigenvalue weighted by Gasteiger charge is -2.07. The summed E-state index contributed by atoms with van der Waals surface area (Å²) in [4.78, 5) is 4.31. The largest absolute Gasteiger partial charge is 0.256 e. The summed E-state index contributed by atoms with van der Waals surface area (Å²) < 4.78 is 0. The van der Waals surface area contributed by atoms with E-state index in [-0.39, 0.29) is 0 Å². The molecule has 1 heterocycles. The monoisotopic (exact) mass is 237 g/mol. The topological polar surface area (TPSA) is 12.9 Å². The van der Waals surface area contributed by atoms with Gasteiger partial charge in [-0.25, -0.2) is 0 Å². The van der Waals surface area contributed by atoms with Gasteiger partial charge in [0.05, 0.1) is 5.69 Å². The van der Waals surface area contributed by atoms with Gasteiger partial charge in [-0.15, -0.1) is 11.6 Å². The number of alkyl halides is 1. The van der Waals surface area contributed by atoms with Crippen molar-refractivity contribution in [3.63, 3.8) is 0 Å². The van der Waals surface area contributed by atoms with Crippen LogP contribution in [-0.2, 0) is 5.88 Å². The molecule has 2 rings (SSSR count). The Hall–Kier alpha value is -1.05. The first-order valence-corrected chi connectivity index (χ1v) is 5.49. The lowest BCUT2D eigenvalue weighted by molar-refractivity contribution is 1.25. The van der Waals surface area contributed by atoms with Gasteiger partial charge >= 0.3 is 0 Å². The quantitative estimate of drug-likeness (QED) is 0.716. The zero-order chi connectivity index (χ0) is 10.7. The Morgan fingerprint density at radius 2 is 1.87 bits per heavy atom. The maximum Gasteiger partial charge on any atom is 0.0761 e. The van der Waals surface area contributed by atoms with Crippen molar-refractivity contribution < 1.29 is 0 Å². The van der Waals surface area contributed by atoms with Gasteiger partial charge in [-0.05, 0) is 17.7 Å². The van der Waals surface area contributed by atoms with Crippen LogP contribution in [0.4, 0.5) is 0 Å². The molecule has 0 bridgehead atoms. The lowest BCUT2D eigenvalue weighted by atomic mass is 10.1. The van der Waals surface area contributed by atoms with Crippen LogP contribution >= 0.6 is 23.2 Å². The van der Waals surface area contributed by atoms with E-state index in [0.29, 0.717) is 10.9 Å². The zero-order valence-electron chi connectivity index (χ0n) is 7.95. The summed E-state index contributed by atoms with van der Waals surface area (Å²) in [6.45, 7) is 0. The number of benzene rings is 1. The zero-order valence-corrected chi connectivity index (χ0v) is 9.46. The molecule has 0 aliphatic rings. The number of halogens is 2. The number of pyridine rings is 1. The van der Waals surface area contributed by atoms with Crippen LogP contribution < -0.4 is 0 Å². The third-order valence-corrected chi connectivity index (χ3v) is 2.78. The van der Waals surface area contributed by atoms with Gasteiger partial charge in [0, 0.05) is 22.7 Å². The minimum absolute atomic E-state index is 0.439. The van der Waals surface area contributed by atoms with Crippen LogP contribution in [0.2, 0.25) is 5.02 Å². The molecule has 0 atom stereocenters. The van der Waals surface area contributed by atoms with Crippen molar-refractivity contribution in [2.24, 2.45) is 0 Å². The van der Waals surface area contributed by atoms with Crippen molar-refractivity contribution in [2.75, 3.05) is 0 Å². The first-order valence-electron chi connectivity index (χ1n) is 4.57. The first kappa shape index (κ1) is 10.5. The van der Waals surface area contributed by atoms with Gasteiger partial charge < -0.3 is 0 Å². The molecule has 3 heteroatoms. The smallest absolute Gasteiger partial charge is 0.0761 e. The van der Waals surface area contributed by atoms with Gasteiger partial charge in [-0.3, -0.25) is 4.98 Å². The lowest BCUT2D eigenvalue weighted by Crippen LogP contribution is -1.90. The number of rotatable bonds is 2. The van der Waals surface area contributed by atoms with Crippen LogP contribution in [-0.4, -0.2) is 4.98 Å². The summed E-state index contributed by atoms with van der Waals surface area (Å²) in [6.07, 6.45) is 1.74. The maximum absolute atomic E-state index is 6.10. The summed E-state index contributed by atoms with van der Waals surface area (Å²) in [5.41, 5.74) is 2.78. The predicted molar refractivity (Wildman–Crippen MR) is 64.2 cm³/mol. The Bertz CT molecular complexity index is 469. The first-order chi connectivity index (χ1) is 7.33. The molecule has 1 nitrogen and oxygen atoms in total. The molecule has 0 saturated carbocycles. The summed E-state index contributed by atoms with van der Waals surface area (Å²) in [5.74, 6) is 0.439. The molecule has 76 valence electrons. The van der Waals surface area contributed by atoms with Crippen LogP contribution in [0.5, 0.6) is 0 Å². The summed E-state index contributed by atoms with van der Waals surface area (Å²) in [7, 11) is 0. The van der Waals surface area contributed by atoms with Gasteiger partial charge in [0.1, 0.15) is 0 Å². The average molecular weight is 238 g/mol. The minimum atomic E-state index is 0.439. The summed E-state index contributed by atoms with van der Waals surface area (Å²) in [6, 6.07) is 11.5. The van der Waals surface area contributed by atoms with Crippen molar-refractivity contribution >= 4 is 23.2 Å². The number of nitrogens with zero attached hydrogens (tertiary/aromatic N) is 1. The molecule has 0 amide bonds. The van der Waals surface area contributed by atoms with Crippen molar-refractivity contribution in [1.82, 2.24) is 4.98 Å². The van der Waals surface area contributed by atoms with Gasteiger partial charge in [-0.2, -0.15) is 0 Å². The molecular formula is C12H9Cl2N. The van der Waals surface area contributed by atoms with Crippen LogP contribution in [0.1, 0.15) is 5.56 Å². The normalized spacial score (nSPS) is 10.3. The Kier molecular flexibility index (Phi) is 3.24. The fourth-order valence-electron chi connectivity index (χ4n) is 1.44. The van der Waals surface area contributed by atoms with E-state index < -0.39 is 0 Å². The van der Waals surface area contributed by atoms with E-state index in [1.165, 1.54) is 0 Å². The molecule has 1 aromatic carbocycles. The average Bonchev–Trinajstić information content (AvgIpc) is 2.30. The van der Waals surface area contributed by atoms with E-state index in [4.69, 9.17) is 23.2 Å². The van der Waals surface area contributed by atoms with E-state index in [1.54, 1.807) is 6.20 Å². The molecule has 1 aromatic heterocycles. The van der Waals surface area contributed by atoms with Crippen molar-refractivity contribution in [3.05, 3.63) is 53.2 Å². The highest BCUT2D eigenvalue weighted by atomic mass is 35.5. The molecule has 0 spiro atoms. The van der Waals surface area contributed by atoms with E-state index in [0.717, 1.165) is 16.8 Å². The standard InChI is InChI=1S/C12H9Cl2N/c13-8-9-4-3-7-15-12(9)10-5-1-2-6-11(10)14/h1-7H,8H2. The Morgan fingerprint density at radius 1 is 1.07 bits per heavy atom. The van der Waals surface area contributed by atoms with Crippen LogP contribution in [0.25, 0.3) is 11.3 Å². The van der Waals surface area contributed by atoms with Crippen LogP contribution in [0.15, 0.2) is 42.6 Å². The van der Waals surface area contributed by atoms with Gasteiger partial charge in [0.25, 0.3) is 0 Å². The van der Waals surface area contributed by atoms with E-state index in [9.17, 15) is 0 Å². The number of hydrogen-bond acceptors (Lipinski definition) is 1. The van der Waals surface area contributed by atoms with Crippen molar-refractivity contribution in [3.8, 4) is 11.3 Å². The molecule has 0 aliphatic heterocycles. The third kappa shape index (κ3) is 2.14. The van der Waals surface area contributed by atoms with Crippen LogP contribution in [0.3, 0.4) is 0 Å². The predicted octanol–water partition coefficient (Wildman–Crippen LogP) is 4.14.